The summed E-state index contributed by atoms with van der Waals surface area (Å²) in [4.78, 5) is 17.8. The number of nitriles is 1. The average Bonchev–Trinajstić information content (AvgIpc) is 2.94. The predicted octanol–water partition coefficient (Wildman–Crippen LogP) is 4.83. The fourth-order valence-corrected chi connectivity index (χ4v) is 5.19. The van der Waals surface area contributed by atoms with E-state index in [1.165, 1.54) is 37.8 Å². The number of benzene rings is 1. The Labute approximate surface area is 179 Å². The highest BCUT2D eigenvalue weighted by atomic mass is 16.2. The average molecular weight is 405 g/mol. The fraction of sp³-hybridized carbons (Fsp3) is 0.520. The number of hydrogen-bond acceptors (Lipinski definition) is 3. The minimum absolute atomic E-state index is 0.173. The van der Waals surface area contributed by atoms with Crippen LogP contribution < -0.4 is 4.90 Å². The van der Waals surface area contributed by atoms with Crippen LogP contribution in [0.1, 0.15) is 71.9 Å². The van der Waals surface area contributed by atoms with E-state index in [2.05, 4.69) is 35.5 Å². The summed E-state index contributed by atoms with van der Waals surface area (Å²) < 4.78 is 2.42. The zero-order chi connectivity index (χ0) is 21.1. The highest BCUT2D eigenvalue weighted by Crippen LogP contribution is 2.32. The molecule has 0 bridgehead atoms. The van der Waals surface area contributed by atoms with Crippen LogP contribution in [-0.2, 0) is 0 Å². The fourth-order valence-electron chi connectivity index (χ4n) is 5.19. The first kappa shape index (κ1) is 20.5. The minimum atomic E-state index is 0.173. The van der Waals surface area contributed by atoms with Crippen molar-refractivity contribution in [3.63, 3.8) is 0 Å². The van der Waals surface area contributed by atoms with Crippen molar-refractivity contribution in [3.05, 3.63) is 52.8 Å². The van der Waals surface area contributed by atoms with E-state index < -0.39 is 0 Å². The summed E-state index contributed by atoms with van der Waals surface area (Å²) in [5, 5.41) is 9.01. The Morgan fingerprint density at radius 2 is 1.70 bits per heavy atom. The van der Waals surface area contributed by atoms with Crippen LogP contribution in [0, 0.1) is 25.2 Å². The maximum atomic E-state index is 13.4. The van der Waals surface area contributed by atoms with Gasteiger partial charge in [-0.15, -0.1) is 0 Å². The number of anilines is 1. The van der Waals surface area contributed by atoms with Gasteiger partial charge in [0.05, 0.1) is 17.2 Å². The maximum absolute atomic E-state index is 13.4. The van der Waals surface area contributed by atoms with Crippen molar-refractivity contribution in [2.75, 3.05) is 31.1 Å². The maximum Gasteiger partial charge on any atom is 0.255 e. The van der Waals surface area contributed by atoms with E-state index in [1.54, 1.807) is 0 Å². The lowest BCUT2D eigenvalue weighted by molar-refractivity contribution is 0.0766. The van der Waals surface area contributed by atoms with Gasteiger partial charge in [-0.25, -0.2) is 0 Å². The van der Waals surface area contributed by atoms with Gasteiger partial charge in [0.2, 0.25) is 0 Å². The largest absolute Gasteiger partial charge is 0.370 e. The molecule has 5 nitrogen and oxygen atoms in total. The molecule has 1 aliphatic heterocycles. The van der Waals surface area contributed by atoms with Crippen molar-refractivity contribution >= 4 is 11.6 Å². The molecule has 2 heterocycles. The third-order valence-electron chi connectivity index (χ3n) is 6.80. The van der Waals surface area contributed by atoms with Crippen LogP contribution in [0.2, 0.25) is 0 Å². The first-order valence-corrected chi connectivity index (χ1v) is 11.3. The van der Waals surface area contributed by atoms with E-state index in [9.17, 15) is 4.79 Å². The SMILES string of the molecule is Cc1cc(C(=O)N2CCCN(c3ccc(C#N)cc3)CC2)c(C)n1C1CCCCC1. The highest BCUT2D eigenvalue weighted by Gasteiger charge is 2.26. The molecule has 1 saturated carbocycles. The van der Waals surface area contributed by atoms with E-state index in [1.807, 2.05) is 29.2 Å². The van der Waals surface area contributed by atoms with E-state index >= 15 is 0 Å². The van der Waals surface area contributed by atoms with Crippen molar-refractivity contribution in [2.45, 2.75) is 58.4 Å². The van der Waals surface area contributed by atoms with Gasteiger partial charge in [-0.3, -0.25) is 4.79 Å². The molecule has 0 radical (unpaired) electrons. The smallest absolute Gasteiger partial charge is 0.255 e. The zero-order valence-corrected chi connectivity index (χ0v) is 18.2. The van der Waals surface area contributed by atoms with Crippen molar-refractivity contribution in [1.29, 1.82) is 5.26 Å². The number of carbonyl (C=O) groups excluding carboxylic acids is 1. The van der Waals surface area contributed by atoms with Gasteiger partial charge < -0.3 is 14.4 Å². The van der Waals surface area contributed by atoms with E-state index in [-0.39, 0.29) is 5.91 Å². The predicted molar refractivity (Wildman–Crippen MR) is 120 cm³/mol. The van der Waals surface area contributed by atoms with Gasteiger partial charge in [0.25, 0.3) is 5.91 Å². The summed E-state index contributed by atoms with van der Waals surface area (Å²) in [6.45, 7) is 7.53. The Morgan fingerprint density at radius 1 is 0.967 bits per heavy atom. The minimum Gasteiger partial charge on any atom is -0.370 e. The molecule has 4 rings (SSSR count). The molecule has 1 aromatic heterocycles. The normalized spacial score (nSPS) is 18.2. The Balaban J connectivity index is 1.47. The van der Waals surface area contributed by atoms with Gasteiger partial charge in [0.1, 0.15) is 0 Å². The Hall–Kier alpha value is -2.74. The Morgan fingerprint density at radius 3 is 2.40 bits per heavy atom. The number of hydrogen-bond donors (Lipinski definition) is 0. The molecule has 0 unspecified atom stereocenters. The van der Waals surface area contributed by atoms with Gasteiger partial charge in [-0.2, -0.15) is 5.26 Å². The summed E-state index contributed by atoms with van der Waals surface area (Å²) in [5.74, 6) is 0.173. The van der Waals surface area contributed by atoms with Gasteiger partial charge in [-0.05, 0) is 63.4 Å². The molecule has 30 heavy (non-hydrogen) atoms. The van der Waals surface area contributed by atoms with Crippen LogP contribution >= 0.6 is 0 Å². The van der Waals surface area contributed by atoms with Gasteiger partial charge in [-0.1, -0.05) is 19.3 Å². The molecular formula is C25H32N4O. The Kier molecular flexibility index (Phi) is 6.13. The molecule has 5 heteroatoms. The van der Waals surface area contributed by atoms with Crippen LogP contribution in [0.4, 0.5) is 5.69 Å². The second kappa shape index (κ2) is 8.95. The van der Waals surface area contributed by atoms with Gasteiger partial charge >= 0.3 is 0 Å². The van der Waals surface area contributed by atoms with Crippen molar-refractivity contribution < 1.29 is 4.79 Å². The second-order valence-electron chi connectivity index (χ2n) is 8.74. The highest BCUT2D eigenvalue weighted by molar-refractivity contribution is 5.95. The van der Waals surface area contributed by atoms with Crippen LogP contribution in [0.5, 0.6) is 0 Å². The van der Waals surface area contributed by atoms with Gasteiger partial charge in [0.15, 0.2) is 0 Å². The lowest BCUT2D eigenvalue weighted by Crippen LogP contribution is -2.35. The standard InChI is InChI=1S/C25H32N4O/c1-19-17-24(20(2)29(19)23-7-4-3-5-8-23)25(30)28-14-6-13-27(15-16-28)22-11-9-21(18-26)10-12-22/h9-12,17,23H,3-8,13-16H2,1-2H3. The molecule has 1 saturated heterocycles. The van der Waals surface area contributed by atoms with E-state index in [0.29, 0.717) is 11.6 Å². The van der Waals surface area contributed by atoms with Crippen LogP contribution in [0.15, 0.2) is 30.3 Å². The lowest BCUT2D eigenvalue weighted by atomic mass is 9.95. The third kappa shape index (κ3) is 4.09. The molecule has 0 N–H and O–H groups in total. The first-order valence-electron chi connectivity index (χ1n) is 11.3. The number of aromatic nitrogens is 1. The molecule has 1 aliphatic carbocycles. The quantitative estimate of drug-likeness (QED) is 0.736. The molecule has 158 valence electrons. The van der Waals surface area contributed by atoms with Crippen LogP contribution in [0.3, 0.4) is 0 Å². The van der Waals surface area contributed by atoms with E-state index in [0.717, 1.165) is 49.5 Å². The Bertz CT molecular complexity index is 931. The molecular weight excluding hydrogens is 372 g/mol. The van der Waals surface area contributed by atoms with Crippen LogP contribution in [-0.4, -0.2) is 41.6 Å². The molecule has 1 amide bonds. The van der Waals surface area contributed by atoms with Crippen molar-refractivity contribution in [3.8, 4) is 6.07 Å². The number of carbonyl (C=O) groups is 1. The molecule has 2 aliphatic rings. The second-order valence-corrected chi connectivity index (χ2v) is 8.74. The topological polar surface area (TPSA) is 52.3 Å². The number of amides is 1. The monoisotopic (exact) mass is 404 g/mol. The molecule has 2 fully saturated rings. The molecule has 0 atom stereocenters. The first-order chi connectivity index (χ1) is 14.6. The summed E-state index contributed by atoms with van der Waals surface area (Å²) >= 11 is 0. The summed E-state index contributed by atoms with van der Waals surface area (Å²) in [6, 6.07) is 12.6. The lowest BCUT2D eigenvalue weighted by Gasteiger charge is -2.27. The van der Waals surface area contributed by atoms with Crippen molar-refractivity contribution in [2.24, 2.45) is 0 Å². The molecule has 1 aromatic carbocycles. The van der Waals surface area contributed by atoms with E-state index in [4.69, 9.17) is 5.26 Å². The molecule has 2 aromatic rings. The number of aryl methyl sites for hydroxylation is 1. The van der Waals surface area contributed by atoms with Gasteiger partial charge in [0, 0.05) is 49.3 Å². The number of rotatable bonds is 3. The number of nitrogens with zero attached hydrogens (tertiary/aromatic N) is 4. The summed E-state index contributed by atoms with van der Waals surface area (Å²) in [6.07, 6.45) is 7.34. The molecule has 0 spiro atoms. The zero-order valence-electron chi connectivity index (χ0n) is 18.2. The van der Waals surface area contributed by atoms with Crippen LogP contribution in [0.25, 0.3) is 0 Å². The summed E-state index contributed by atoms with van der Waals surface area (Å²) in [5.41, 5.74) is 5.04. The summed E-state index contributed by atoms with van der Waals surface area (Å²) in [7, 11) is 0. The van der Waals surface area contributed by atoms with Crippen molar-refractivity contribution in [1.82, 2.24) is 9.47 Å². The third-order valence-corrected chi connectivity index (χ3v) is 6.80.